The number of benzene rings is 1. The van der Waals surface area contributed by atoms with Crippen LogP contribution in [0.1, 0.15) is 4.88 Å². The Labute approximate surface area is 166 Å². The summed E-state index contributed by atoms with van der Waals surface area (Å²) in [5.41, 5.74) is 2.84. The third kappa shape index (κ3) is 5.18. The number of nitrogens with zero attached hydrogens (tertiary/aromatic N) is 1. The van der Waals surface area contributed by atoms with E-state index in [2.05, 4.69) is 39.6 Å². The van der Waals surface area contributed by atoms with Crippen molar-refractivity contribution in [1.29, 1.82) is 0 Å². The summed E-state index contributed by atoms with van der Waals surface area (Å²) in [6.45, 7) is 0.426. The second kappa shape index (κ2) is 8.83. The lowest BCUT2D eigenvalue weighted by molar-refractivity contribution is -0.136. The van der Waals surface area contributed by atoms with Crippen molar-refractivity contribution in [2.75, 3.05) is 30.9 Å². The first-order valence-corrected chi connectivity index (χ1v) is 10.3. The summed E-state index contributed by atoms with van der Waals surface area (Å²) in [4.78, 5) is 28.3. The quantitative estimate of drug-likeness (QED) is 0.619. The van der Waals surface area contributed by atoms with Gasteiger partial charge in [-0.1, -0.05) is 0 Å². The molecule has 0 bridgehead atoms. The highest BCUT2D eigenvalue weighted by molar-refractivity contribution is 7.16. The summed E-state index contributed by atoms with van der Waals surface area (Å²) in [7, 11) is 3.88. The minimum atomic E-state index is -0.655. The number of carbonyl (C=O) groups excluding carboxylic acids is 2. The van der Waals surface area contributed by atoms with E-state index in [-0.39, 0.29) is 0 Å². The van der Waals surface area contributed by atoms with Gasteiger partial charge in [-0.05, 0) is 59.6 Å². The molecule has 0 aliphatic heterocycles. The van der Waals surface area contributed by atoms with Crippen molar-refractivity contribution < 1.29 is 9.59 Å². The summed E-state index contributed by atoms with van der Waals surface area (Å²) in [5.74, 6) is -1.28. The molecule has 3 aromatic rings. The number of hydrogen-bond acceptors (Lipinski definition) is 5. The number of nitrogens with one attached hydrogen (secondary N) is 2. The lowest BCUT2D eigenvalue weighted by Gasteiger charge is -2.13. The van der Waals surface area contributed by atoms with Gasteiger partial charge in [-0.15, -0.1) is 11.3 Å². The number of thiophene rings is 2. The van der Waals surface area contributed by atoms with Crippen molar-refractivity contribution in [1.82, 2.24) is 5.32 Å². The molecule has 7 heteroatoms. The standard InChI is InChI=1S/C20H21N3O2S2/c1-23(2)16-5-3-15(4-6-16)22-20(25)19(24)21-11-9-17-7-8-18(27-17)14-10-12-26-13-14/h3-8,10,12-13H,9,11H2,1-2H3,(H,21,24)(H,22,25). The normalized spacial score (nSPS) is 10.4. The molecule has 0 spiro atoms. The Morgan fingerprint density at radius 3 is 2.44 bits per heavy atom. The number of anilines is 2. The molecule has 27 heavy (non-hydrogen) atoms. The summed E-state index contributed by atoms with van der Waals surface area (Å²) >= 11 is 3.38. The van der Waals surface area contributed by atoms with Crippen LogP contribution in [0.5, 0.6) is 0 Å². The molecule has 0 saturated heterocycles. The van der Waals surface area contributed by atoms with Crippen molar-refractivity contribution in [3.63, 3.8) is 0 Å². The molecular weight excluding hydrogens is 378 g/mol. The van der Waals surface area contributed by atoms with Gasteiger partial charge in [-0.2, -0.15) is 11.3 Å². The maximum absolute atomic E-state index is 12.0. The molecule has 2 aromatic heterocycles. The van der Waals surface area contributed by atoms with Crippen LogP contribution in [0, 0.1) is 0 Å². The van der Waals surface area contributed by atoms with Gasteiger partial charge in [-0.3, -0.25) is 9.59 Å². The van der Waals surface area contributed by atoms with Gasteiger partial charge in [0.15, 0.2) is 0 Å². The van der Waals surface area contributed by atoms with E-state index in [0.29, 0.717) is 18.7 Å². The summed E-state index contributed by atoms with van der Waals surface area (Å²) in [6.07, 6.45) is 0.700. The molecule has 2 amide bonds. The Kier molecular flexibility index (Phi) is 6.26. The van der Waals surface area contributed by atoms with E-state index in [0.717, 1.165) is 5.69 Å². The molecule has 140 valence electrons. The first-order valence-electron chi connectivity index (χ1n) is 8.51. The van der Waals surface area contributed by atoms with E-state index in [1.165, 1.54) is 15.3 Å². The molecular formula is C20H21N3O2S2. The SMILES string of the molecule is CN(C)c1ccc(NC(=O)C(=O)NCCc2ccc(-c3ccsc3)s2)cc1. The fourth-order valence-electron chi connectivity index (χ4n) is 2.48. The second-order valence-corrected chi connectivity index (χ2v) is 8.13. The number of amides is 2. The zero-order valence-corrected chi connectivity index (χ0v) is 16.8. The zero-order chi connectivity index (χ0) is 19.2. The molecule has 0 fully saturated rings. The average Bonchev–Trinajstić information content (AvgIpc) is 3.33. The van der Waals surface area contributed by atoms with Crippen molar-refractivity contribution in [2.24, 2.45) is 0 Å². The van der Waals surface area contributed by atoms with Crippen LogP contribution in [-0.4, -0.2) is 32.5 Å². The van der Waals surface area contributed by atoms with E-state index < -0.39 is 11.8 Å². The van der Waals surface area contributed by atoms with Gasteiger partial charge in [0, 0.05) is 47.3 Å². The highest BCUT2D eigenvalue weighted by atomic mass is 32.1. The van der Waals surface area contributed by atoms with Crippen molar-refractivity contribution in [2.45, 2.75) is 6.42 Å². The second-order valence-electron chi connectivity index (χ2n) is 6.18. The number of hydrogen-bond donors (Lipinski definition) is 2. The third-order valence-corrected chi connectivity index (χ3v) is 5.85. The van der Waals surface area contributed by atoms with Crippen LogP contribution < -0.4 is 15.5 Å². The topological polar surface area (TPSA) is 61.4 Å². The molecule has 2 heterocycles. The fourth-order valence-corrected chi connectivity index (χ4v) is 4.22. The molecule has 1 aromatic carbocycles. The fraction of sp³-hybridized carbons (Fsp3) is 0.200. The Morgan fingerprint density at radius 2 is 1.78 bits per heavy atom. The van der Waals surface area contributed by atoms with Gasteiger partial charge in [0.2, 0.25) is 0 Å². The maximum atomic E-state index is 12.0. The largest absolute Gasteiger partial charge is 0.378 e. The highest BCUT2D eigenvalue weighted by Crippen LogP contribution is 2.29. The molecule has 0 atom stereocenters. The molecule has 0 aliphatic rings. The molecule has 0 saturated carbocycles. The van der Waals surface area contributed by atoms with Gasteiger partial charge in [0.25, 0.3) is 0 Å². The predicted molar refractivity (Wildman–Crippen MR) is 114 cm³/mol. The van der Waals surface area contributed by atoms with Crippen molar-refractivity contribution in [3.8, 4) is 10.4 Å². The van der Waals surface area contributed by atoms with E-state index in [9.17, 15) is 9.59 Å². The summed E-state index contributed by atoms with van der Waals surface area (Å²) < 4.78 is 0. The molecule has 5 nitrogen and oxygen atoms in total. The minimum absolute atomic E-state index is 0.426. The summed E-state index contributed by atoms with van der Waals surface area (Å²) in [6, 6.07) is 13.6. The van der Waals surface area contributed by atoms with E-state index in [1.807, 2.05) is 31.1 Å². The van der Waals surface area contributed by atoms with Crippen LogP contribution in [-0.2, 0) is 16.0 Å². The smallest absolute Gasteiger partial charge is 0.313 e. The van der Waals surface area contributed by atoms with Crippen LogP contribution in [0.2, 0.25) is 0 Å². The van der Waals surface area contributed by atoms with Gasteiger partial charge in [0.05, 0.1) is 0 Å². The van der Waals surface area contributed by atoms with Crippen LogP contribution in [0.3, 0.4) is 0 Å². The van der Waals surface area contributed by atoms with Crippen molar-refractivity contribution >= 4 is 45.9 Å². The van der Waals surface area contributed by atoms with E-state index >= 15 is 0 Å². The minimum Gasteiger partial charge on any atom is -0.378 e. The van der Waals surface area contributed by atoms with Gasteiger partial charge < -0.3 is 15.5 Å². The van der Waals surface area contributed by atoms with Crippen LogP contribution in [0.15, 0.2) is 53.2 Å². The molecule has 0 aliphatic carbocycles. The number of rotatable bonds is 6. The van der Waals surface area contributed by atoms with Crippen LogP contribution in [0.4, 0.5) is 11.4 Å². The van der Waals surface area contributed by atoms with Gasteiger partial charge >= 0.3 is 11.8 Å². The zero-order valence-electron chi connectivity index (χ0n) is 15.2. The highest BCUT2D eigenvalue weighted by Gasteiger charge is 2.13. The maximum Gasteiger partial charge on any atom is 0.313 e. The lowest BCUT2D eigenvalue weighted by atomic mass is 10.2. The Balaban J connectivity index is 1.45. The van der Waals surface area contributed by atoms with Gasteiger partial charge in [0.1, 0.15) is 0 Å². The summed E-state index contributed by atoms with van der Waals surface area (Å²) in [5, 5.41) is 9.46. The van der Waals surface area contributed by atoms with Gasteiger partial charge in [-0.25, -0.2) is 0 Å². The first-order chi connectivity index (χ1) is 13.0. The van der Waals surface area contributed by atoms with Crippen LogP contribution >= 0.6 is 22.7 Å². The Bertz CT molecular complexity index is 900. The first kappa shape index (κ1) is 19.1. The Morgan fingerprint density at radius 1 is 1.00 bits per heavy atom. The third-order valence-electron chi connectivity index (χ3n) is 3.97. The molecule has 0 radical (unpaired) electrons. The average molecular weight is 400 g/mol. The van der Waals surface area contributed by atoms with E-state index in [4.69, 9.17) is 0 Å². The Hall–Kier alpha value is -2.64. The van der Waals surface area contributed by atoms with E-state index in [1.54, 1.807) is 34.8 Å². The molecule has 0 unspecified atom stereocenters. The lowest BCUT2D eigenvalue weighted by Crippen LogP contribution is -2.36. The monoisotopic (exact) mass is 399 g/mol. The van der Waals surface area contributed by atoms with Crippen molar-refractivity contribution in [3.05, 3.63) is 58.1 Å². The number of carbonyl (C=O) groups is 2. The molecule has 2 N–H and O–H groups in total. The van der Waals surface area contributed by atoms with Crippen LogP contribution in [0.25, 0.3) is 10.4 Å². The molecule has 3 rings (SSSR count). The predicted octanol–water partition coefficient (Wildman–Crippen LogP) is 3.84.